The average Bonchev–Trinajstić information content (AvgIpc) is 2.63. The summed E-state index contributed by atoms with van der Waals surface area (Å²) in [6.07, 6.45) is 1.20. The van der Waals surface area contributed by atoms with Gasteiger partial charge in [0.2, 0.25) is 5.91 Å². The van der Waals surface area contributed by atoms with Gasteiger partial charge in [-0.1, -0.05) is 19.8 Å². The van der Waals surface area contributed by atoms with Gasteiger partial charge in [0, 0.05) is 19.5 Å². The molecular weight excluding hydrogens is 248 g/mol. The van der Waals surface area contributed by atoms with Gasteiger partial charge < -0.3 is 20.6 Å². The average molecular weight is 274 g/mol. The lowest BCUT2D eigenvalue weighted by molar-refractivity contribution is -0.122. The zero-order valence-corrected chi connectivity index (χ0v) is 11.7. The molecule has 1 fully saturated rings. The van der Waals surface area contributed by atoms with E-state index in [4.69, 9.17) is 0 Å². The summed E-state index contributed by atoms with van der Waals surface area (Å²) < 4.78 is 0. The van der Waals surface area contributed by atoms with Crippen molar-refractivity contribution in [2.75, 3.05) is 20.2 Å². The molecule has 0 aromatic carbocycles. The van der Waals surface area contributed by atoms with Gasteiger partial charge in [-0.2, -0.15) is 0 Å². The fraction of sp³-hybridized carbons (Fsp3) is 0.923. The highest BCUT2D eigenvalue weighted by Crippen LogP contribution is 2.27. The van der Waals surface area contributed by atoms with E-state index in [1.165, 1.54) is 0 Å². The van der Waals surface area contributed by atoms with E-state index in [0.717, 1.165) is 19.3 Å². The van der Waals surface area contributed by atoms with Crippen molar-refractivity contribution in [2.24, 2.45) is 0 Å². The lowest BCUT2D eigenvalue weighted by Gasteiger charge is -2.29. The molecule has 1 rings (SSSR count). The molecule has 0 spiro atoms. The molecule has 1 saturated heterocycles. The van der Waals surface area contributed by atoms with Crippen molar-refractivity contribution in [3.8, 4) is 0 Å². The lowest BCUT2D eigenvalue weighted by atomic mass is 10.1. The molecule has 1 aliphatic heterocycles. The van der Waals surface area contributed by atoms with Crippen LogP contribution in [0.3, 0.4) is 0 Å². The summed E-state index contributed by atoms with van der Waals surface area (Å²) in [6, 6.07) is -0.912. The van der Waals surface area contributed by atoms with Crippen LogP contribution in [0.4, 0.5) is 0 Å². The Balaban J connectivity index is 2.73. The van der Waals surface area contributed by atoms with Gasteiger partial charge in [0.15, 0.2) is 0 Å². The van der Waals surface area contributed by atoms with Crippen molar-refractivity contribution in [2.45, 2.75) is 56.9 Å². The Morgan fingerprint density at radius 2 is 1.84 bits per heavy atom. The van der Waals surface area contributed by atoms with Crippen LogP contribution in [-0.4, -0.2) is 70.6 Å². The van der Waals surface area contributed by atoms with E-state index in [0.29, 0.717) is 6.54 Å². The van der Waals surface area contributed by atoms with Crippen LogP contribution in [0.15, 0.2) is 0 Å². The van der Waals surface area contributed by atoms with Crippen molar-refractivity contribution in [1.29, 1.82) is 0 Å². The minimum Gasteiger partial charge on any atom is -0.395 e. The van der Waals surface area contributed by atoms with Crippen molar-refractivity contribution < 1.29 is 20.1 Å². The Labute approximate surface area is 114 Å². The summed E-state index contributed by atoms with van der Waals surface area (Å²) in [6.45, 7) is 2.56. The maximum absolute atomic E-state index is 11.5. The van der Waals surface area contributed by atoms with E-state index in [1.54, 1.807) is 7.05 Å². The first-order chi connectivity index (χ1) is 9.06. The second-order valence-corrected chi connectivity index (χ2v) is 5.12. The number of nitrogens with one attached hydrogen (secondary N) is 1. The van der Waals surface area contributed by atoms with Gasteiger partial charge in [0.1, 0.15) is 0 Å². The molecule has 1 heterocycles. The van der Waals surface area contributed by atoms with Crippen molar-refractivity contribution in [1.82, 2.24) is 10.2 Å². The number of nitrogens with zero attached hydrogens (tertiary/aromatic N) is 1. The quantitative estimate of drug-likeness (QED) is 0.451. The molecule has 19 heavy (non-hydrogen) atoms. The van der Waals surface area contributed by atoms with Gasteiger partial charge in [0.25, 0.3) is 0 Å². The number of carbonyl (C=O) groups excluding carboxylic acids is 1. The van der Waals surface area contributed by atoms with Crippen LogP contribution in [0.5, 0.6) is 0 Å². The lowest BCUT2D eigenvalue weighted by Crippen LogP contribution is -2.43. The minimum atomic E-state index is -0.999. The molecule has 1 aliphatic rings. The number of hydrogen-bond acceptors (Lipinski definition) is 5. The molecule has 4 atom stereocenters. The Morgan fingerprint density at radius 3 is 2.37 bits per heavy atom. The summed E-state index contributed by atoms with van der Waals surface area (Å²) in [5.74, 6) is -0.171. The van der Waals surface area contributed by atoms with Crippen molar-refractivity contribution >= 4 is 5.91 Å². The molecule has 0 bridgehead atoms. The van der Waals surface area contributed by atoms with E-state index in [-0.39, 0.29) is 18.9 Å². The maximum Gasteiger partial charge on any atom is 0.221 e. The predicted molar refractivity (Wildman–Crippen MR) is 71.6 cm³/mol. The number of rotatable bonds is 7. The number of carbonyl (C=O) groups is 1. The van der Waals surface area contributed by atoms with Gasteiger partial charge in [-0.05, 0) is 13.0 Å². The molecule has 0 unspecified atom stereocenters. The van der Waals surface area contributed by atoms with Gasteiger partial charge in [-0.15, -0.1) is 0 Å². The van der Waals surface area contributed by atoms with Crippen LogP contribution >= 0.6 is 0 Å². The van der Waals surface area contributed by atoms with Crippen LogP contribution in [-0.2, 0) is 4.79 Å². The summed E-state index contributed by atoms with van der Waals surface area (Å²) in [5.41, 5.74) is 0. The van der Waals surface area contributed by atoms with Crippen LogP contribution < -0.4 is 5.32 Å². The monoisotopic (exact) mass is 274 g/mol. The summed E-state index contributed by atoms with van der Waals surface area (Å²) in [7, 11) is 1.55. The topological polar surface area (TPSA) is 93.0 Å². The molecule has 0 aromatic heterocycles. The Morgan fingerprint density at radius 1 is 1.21 bits per heavy atom. The highest BCUT2D eigenvalue weighted by atomic mass is 16.3. The fourth-order valence-electron chi connectivity index (χ4n) is 2.71. The number of likely N-dealkylation sites (tertiary alicyclic amines) is 1. The standard InChI is InChI=1S/C13H26N2O4/c1-3-4-5-6-15-9(7-11(17)14-2)12(18)13(19)10(15)8-16/h9-10,12-13,16,18-19H,3-8H2,1-2H3,(H,14,17)/t9-,10+,12+,13+/m0/s1. The van der Waals surface area contributed by atoms with Crippen LogP contribution in [0, 0.1) is 0 Å². The normalized spacial score (nSPS) is 31.6. The first kappa shape index (κ1) is 16.4. The third-order valence-electron chi connectivity index (χ3n) is 3.87. The van der Waals surface area contributed by atoms with Gasteiger partial charge in [0.05, 0.1) is 24.9 Å². The summed E-state index contributed by atoms with van der Waals surface area (Å²) in [5, 5.41) is 31.9. The molecule has 0 aliphatic carbocycles. The number of amides is 1. The van der Waals surface area contributed by atoms with E-state index in [2.05, 4.69) is 12.2 Å². The highest BCUT2D eigenvalue weighted by Gasteiger charge is 2.47. The molecule has 0 saturated carbocycles. The Hall–Kier alpha value is -0.690. The van der Waals surface area contributed by atoms with E-state index >= 15 is 0 Å². The number of hydrogen-bond donors (Lipinski definition) is 4. The molecule has 0 aromatic rings. The fourth-order valence-corrected chi connectivity index (χ4v) is 2.71. The molecular formula is C13H26N2O4. The summed E-state index contributed by atoms with van der Waals surface area (Å²) in [4.78, 5) is 13.4. The highest BCUT2D eigenvalue weighted by molar-refractivity contribution is 5.76. The van der Waals surface area contributed by atoms with Crippen LogP contribution in [0.2, 0.25) is 0 Å². The maximum atomic E-state index is 11.5. The van der Waals surface area contributed by atoms with Gasteiger partial charge in [-0.25, -0.2) is 0 Å². The molecule has 0 radical (unpaired) electrons. The zero-order valence-electron chi connectivity index (χ0n) is 11.7. The molecule has 6 nitrogen and oxygen atoms in total. The zero-order chi connectivity index (χ0) is 14.4. The SMILES string of the molecule is CCCCCN1[C@H](CO)[C@@H](O)[C@H](O)[C@@H]1CC(=O)NC. The third kappa shape index (κ3) is 3.89. The number of aliphatic hydroxyl groups excluding tert-OH is 3. The molecule has 112 valence electrons. The number of unbranched alkanes of at least 4 members (excludes halogenated alkanes) is 2. The second-order valence-electron chi connectivity index (χ2n) is 5.12. The van der Waals surface area contributed by atoms with E-state index < -0.39 is 24.3 Å². The minimum absolute atomic E-state index is 0.136. The van der Waals surface area contributed by atoms with E-state index in [9.17, 15) is 20.1 Å². The Kier molecular flexibility index (Phi) is 6.71. The van der Waals surface area contributed by atoms with Crippen molar-refractivity contribution in [3.63, 3.8) is 0 Å². The van der Waals surface area contributed by atoms with Crippen LogP contribution in [0.25, 0.3) is 0 Å². The predicted octanol–water partition coefficient (Wildman–Crippen LogP) is -0.920. The first-order valence-corrected chi connectivity index (χ1v) is 7.00. The summed E-state index contributed by atoms with van der Waals surface area (Å²) >= 11 is 0. The van der Waals surface area contributed by atoms with Gasteiger partial charge in [-0.3, -0.25) is 9.69 Å². The Bertz CT molecular complexity index is 288. The number of aliphatic hydroxyl groups is 3. The largest absolute Gasteiger partial charge is 0.395 e. The second kappa shape index (κ2) is 7.79. The smallest absolute Gasteiger partial charge is 0.221 e. The van der Waals surface area contributed by atoms with Gasteiger partial charge >= 0.3 is 0 Å². The van der Waals surface area contributed by atoms with Crippen LogP contribution in [0.1, 0.15) is 32.6 Å². The molecule has 6 heteroatoms. The molecule has 4 N–H and O–H groups in total. The van der Waals surface area contributed by atoms with E-state index in [1.807, 2.05) is 4.90 Å². The first-order valence-electron chi connectivity index (χ1n) is 7.00. The third-order valence-corrected chi connectivity index (χ3v) is 3.87. The molecule has 1 amide bonds. The van der Waals surface area contributed by atoms with Crippen molar-refractivity contribution in [3.05, 3.63) is 0 Å².